The third-order valence-electron chi connectivity index (χ3n) is 14.6. The van der Waals surface area contributed by atoms with Crippen LogP contribution in [0, 0.1) is 62.6 Å². The fourth-order valence-electron chi connectivity index (χ4n) is 12.4. The average Bonchev–Trinajstić information content (AvgIpc) is 3.26. The van der Waals surface area contributed by atoms with Crippen LogP contribution in [0.2, 0.25) is 0 Å². The third kappa shape index (κ3) is 4.24. The number of hydrogen-bond donors (Lipinski definition) is 1. The van der Waals surface area contributed by atoms with Gasteiger partial charge >= 0.3 is 11.9 Å². The first-order valence-corrected chi connectivity index (χ1v) is 16.5. The number of hydrogen-bond acceptors (Lipinski definition) is 4. The number of carbonyl (C=O) groups is 3. The molecule has 0 heterocycles. The summed E-state index contributed by atoms with van der Waals surface area (Å²) in [7, 11) is 0. The van der Waals surface area contributed by atoms with Gasteiger partial charge in [0.25, 0.3) is 0 Å². The number of fused-ring (bicyclic) bond motifs is 7. The average molecular weight is 557 g/mol. The molecule has 5 saturated carbocycles. The highest BCUT2D eigenvalue weighted by Crippen LogP contribution is 2.77. The zero-order valence-corrected chi connectivity index (χ0v) is 26.4. The molecule has 0 amide bonds. The van der Waals surface area contributed by atoms with E-state index in [4.69, 9.17) is 9.84 Å². The fraction of sp³-hybridized carbons (Fsp3) is 0.914. The van der Waals surface area contributed by atoms with E-state index in [1.54, 1.807) is 0 Å². The van der Waals surface area contributed by atoms with Crippen LogP contribution in [-0.4, -0.2) is 29.4 Å². The lowest BCUT2D eigenvalue weighted by molar-refractivity contribution is -0.249. The number of aliphatic carboxylic acids is 1. The number of carboxylic acids is 1. The van der Waals surface area contributed by atoms with Gasteiger partial charge in [0.2, 0.25) is 0 Å². The zero-order valence-electron chi connectivity index (χ0n) is 26.4. The summed E-state index contributed by atoms with van der Waals surface area (Å²) in [6.07, 6.45) is 13.3. The monoisotopic (exact) mass is 556 g/mol. The van der Waals surface area contributed by atoms with Crippen molar-refractivity contribution in [3.63, 3.8) is 0 Å². The largest absolute Gasteiger partial charge is 0.481 e. The van der Waals surface area contributed by atoms with E-state index in [9.17, 15) is 14.4 Å². The molecular formula is C35H56O5. The second kappa shape index (κ2) is 10.1. The summed E-state index contributed by atoms with van der Waals surface area (Å²) in [6.45, 7) is 17.3. The van der Waals surface area contributed by atoms with Crippen LogP contribution in [0.25, 0.3) is 0 Å². The normalized spacial score (nSPS) is 47.4. The van der Waals surface area contributed by atoms with Gasteiger partial charge in [-0.15, -0.1) is 0 Å². The second-order valence-corrected chi connectivity index (χ2v) is 16.6. The molecule has 0 aromatic heterocycles. The maximum absolute atomic E-state index is 12.7. The Kier molecular flexibility index (Phi) is 7.60. The van der Waals surface area contributed by atoms with Crippen molar-refractivity contribution in [2.24, 2.45) is 62.6 Å². The lowest BCUT2D eigenvalue weighted by Gasteiger charge is -2.72. The standard InChI is InChI=1S/C35H56O5/c1-22(2)23-13-18-35(21-36)20-19-33(6)24(30(23)35)11-12-26-32(5)16-15-27(40-29(39)10-8-9-28(37)38)31(3,4)25(32)14-17-34(26,33)7/h21-27,30H,8-20H2,1-7H3,(H,37,38)/t23-,24+,25-,26+,27-,30+,32-,33+,34+,35+/m0/s1. The molecule has 0 unspecified atom stereocenters. The minimum absolute atomic E-state index is 0.0105. The van der Waals surface area contributed by atoms with Crippen molar-refractivity contribution >= 4 is 18.2 Å². The lowest BCUT2D eigenvalue weighted by atomic mass is 9.32. The minimum atomic E-state index is -0.863. The number of rotatable bonds is 7. The molecule has 40 heavy (non-hydrogen) atoms. The van der Waals surface area contributed by atoms with Crippen molar-refractivity contribution in [1.82, 2.24) is 0 Å². The van der Waals surface area contributed by atoms with Gasteiger partial charge in [0.15, 0.2) is 0 Å². The van der Waals surface area contributed by atoms with E-state index in [0.29, 0.717) is 41.9 Å². The molecule has 0 aliphatic heterocycles. The first-order chi connectivity index (χ1) is 18.7. The van der Waals surface area contributed by atoms with Gasteiger partial charge in [0.05, 0.1) is 0 Å². The summed E-state index contributed by atoms with van der Waals surface area (Å²) < 4.78 is 6.09. The summed E-state index contributed by atoms with van der Waals surface area (Å²) in [4.78, 5) is 36.3. The van der Waals surface area contributed by atoms with Gasteiger partial charge in [-0.1, -0.05) is 48.5 Å². The molecule has 5 rings (SSSR count). The molecule has 5 aliphatic rings. The van der Waals surface area contributed by atoms with Crippen LogP contribution >= 0.6 is 0 Å². The first-order valence-electron chi connectivity index (χ1n) is 16.5. The third-order valence-corrected chi connectivity index (χ3v) is 14.6. The van der Waals surface area contributed by atoms with Crippen LogP contribution in [0.3, 0.4) is 0 Å². The topological polar surface area (TPSA) is 80.7 Å². The lowest BCUT2D eigenvalue weighted by Crippen LogP contribution is -2.67. The summed E-state index contributed by atoms with van der Waals surface area (Å²) in [5, 5.41) is 8.93. The number of carbonyl (C=O) groups excluding carboxylic acids is 2. The van der Waals surface area contributed by atoms with E-state index in [1.807, 2.05) is 0 Å². The van der Waals surface area contributed by atoms with E-state index < -0.39 is 5.97 Å². The van der Waals surface area contributed by atoms with Crippen molar-refractivity contribution in [2.45, 2.75) is 138 Å². The summed E-state index contributed by atoms with van der Waals surface area (Å²) in [5.74, 6) is 2.52. The molecule has 1 N–H and O–H groups in total. The molecule has 0 aromatic rings. The van der Waals surface area contributed by atoms with E-state index >= 15 is 0 Å². The molecule has 0 aromatic carbocycles. The van der Waals surface area contributed by atoms with Crippen molar-refractivity contribution in [3.05, 3.63) is 0 Å². The number of esters is 1. The smallest absolute Gasteiger partial charge is 0.306 e. The van der Waals surface area contributed by atoms with E-state index in [0.717, 1.165) is 25.7 Å². The van der Waals surface area contributed by atoms with Crippen LogP contribution in [0.15, 0.2) is 0 Å². The van der Waals surface area contributed by atoms with Crippen LogP contribution < -0.4 is 0 Å². The summed E-state index contributed by atoms with van der Waals surface area (Å²) in [6, 6.07) is 0. The molecule has 0 spiro atoms. The maximum Gasteiger partial charge on any atom is 0.306 e. The van der Waals surface area contributed by atoms with Gasteiger partial charge < -0.3 is 14.6 Å². The van der Waals surface area contributed by atoms with Gasteiger partial charge in [0.1, 0.15) is 12.4 Å². The van der Waals surface area contributed by atoms with Crippen LogP contribution in [0.1, 0.15) is 132 Å². The Morgan fingerprint density at radius 2 is 1.57 bits per heavy atom. The van der Waals surface area contributed by atoms with Gasteiger partial charge in [-0.2, -0.15) is 0 Å². The predicted molar refractivity (Wildman–Crippen MR) is 156 cm³/mol. The number of ether oxygens (including phenoxy) is 1. The van der Waals surface area contributed by atoms with Crippen LogP contribution in [0.4, 0.5) is 0 Å². The Hall–Kier alpha value is -1.39. The van der Waals surface area contributed by atoms with Gasteiger partial charge in [-0.3, -0.25) is 9.59 Å². The molecule has 5 aliphatic carbocycles. The SMILES string of the molecule is CC(C)[C@@H]1CC[C@]2(C=O)CC[C@]3(C)[C@H](CC[C@@H]4[C@@]5(C)CC[C@H](OC(=O)CCCC(=O)O)C(C)(C)[C@@H]5CC[C@]43C)[C@@H]12. The molecule has 0 bridgehead atoms. The Morgan fingerprint density at radius 1 is 0.850 bits per heavy atom. The van der Waals surface area contributed by atoms with Crippen molar-refractivity contribution in [2.75, 3.05) is 0 Å². The maximum atomic E-state index is 12.7. The fourth-order valence-corrected chi connectivity index (χ4v) is 12.4. The molecule has 5 fully saturated rings. The predicted octanol–water partition coefficient (Wildman–Crippen LogP) is 8.09. The number of carboxylic acid groups (broad SMARTS) is 1. The van der Waals surface area contributed by atoms with Crippen LogP contribution in [-0.2, 0) is 19.1 Å². The van der Waals surface area contributed by atoms with Crippen LogP contribution in [0.5, 0.6) is 0 Å². The molecule has 5 nitrogen and oxygen atoms in total. The molecule has 5 heteroatoms. The van der Waals surface area contributed by atoms with Crippen molar-refractivity contribution in [1.29, 1.82) is 0 Å². The zero-order chi connectivity index (χ0) is 29.3. The summed E-state index contributed by atoms with van der Waals surface area (Å²) >= 11 is 0. The minimum Gasteiger partial charge on any atom is -0.481 e. The van der Waals surface area contributed by atoms with Crippen molar-refractivity contribution < 1.29 is 24.2 Å². The molecule has 226 valence electrons. The molecule has 0 saturated heterocycles. The Labute approximate surface area is 243 Å². The molecule has 0 radical (unpaired) electrons. The second-order valence-electron chi connectivity index (χ2n) is 16.6. The Bertz CT molecular complexity index is 1020. The van der Waals surface area contributed by atoms with E-state index in [1.165, 1.54) is 44.8 Å². The molecular weight excluding hydrogens is 500 g/mol. The van der Waals surface area contributed by atoms with E-state index in [2.05, 4.69) is 48.5 Å². The Morgan fingerprint density at radius 3 is 2.23 bits per heavy atom. The van der Waals surface area contributed by atoms with Gasteiger partial charge in [-0.25, -0.2) is 0 Å². The van der Waals surface area contributed by atoms with Crippen molar-refractivity contribution in [3.8, 4) is 0 Å². The highest BCUT2D eigenvalue weighted by molar-refractivity contribution is 5.71. The quantitative estimate of drug-likeness (QED) is 0.253. The number of aldehydes is 1. The highest BCUT2D eigenvalue weighted by atomic mass is 16.5. The Balaban J connectivity index is 1.39. The molecule has 10 atom stereocenters. The van der Waals surface area contributed by atoms with E-state index in [-0.39, 0.29) is 52.0 Å². The first kappa shape index (κ1) is 30.1. The summed E-state index contributed by atoms with van der Waals surface area (Å²) in [5.41, 5.74) is 0.537. The highest BCUT2D eigenvalue weighted by Gasteiger charge is 2.71. The van der Waals surface area contributed by atoms with Gasteiger partial charge in [-0.05, 0) is 122 Å². The van der Waals surface area contributed by atoms with Gasteiger partial charge in [0, 0.05) is 23.7 Å².